The van der Waals surface area contributed by atoms with E-state index in [0.29, 0.717) is 17.3 Å². The molecule has 3 heterocycles. The van der Waals surface area contributed by atoms with Crippen molar-refractivity contribution >= 4 is 27.8 Å². The van der Waals surface area contributed by atoms with Gasteiger partial charge < -0.3 is 9.47 Å². The van der Waals surface area contributed by atoms with Crippen LogP contribution >= 0.6 is 0 Å². The van der Waals surface area contributed by atoms with E-state index in [4.69, 9.17) is 19.4 Å². The molecule has 0 atom stereocenters. The zero-order valence-electron chi connectivity index (χ0n) is 29.6. The van der Waals surface area contributed by atoms with E-state index < -0.39 is 0 Å². The largest absolute Gasteiger partial charge is 0.453 e. The van der Waals surface area contributed by atoms with Crippen molar-refractivity contribution in [3.63, 3.8) is 0 Å². The minimum absolute atomic E-state index is 0.577. The summed E-state index contributed by atoms with van der Waals surface area (Å²) in [5, 5.41) is 2.25. The van der Waals surface area contributed by atoms with E-state index in [1.165, 1.54) is 11.1 Å². The zero-order chi connectivity index (χ0) is 36.3. The number of benzene rings is 8. The molecule has 0 unspecified atom stereocenters. The van der Waals surface area contributed by atoms with Crippen molar-refractivity contribution < 1.29 is 9.47 Å². The second kappa shape index (κ2) is 12.6. The van der Waals surface area contributed by atoms with E-state index in [-0.39, 0.29) is 0 Å². The van der Waals surface area contributed by atoms with Crippen molar-refractivity contribution in [3.05, 3.63) is 188 Å². The van der Waals surface area contributed by atoms with Crippen LogP contribution in [0.3, 0.4) is 0 Å². The molecular weight excluding hydrogens is 675 g/mol. The van der Waals surface area contributed by atoms with Crippen LogP contribution in [0, 0.1) is 0 Å². The van der Waals surface area contributed by atoms with Gasteiger partial charge in [0.15, 0.2) is 28.8 Å². The summed E-state index contributed by atoms with van der Waals surface area (Å²) >= 11 is 0. The van der Waals surface area contributed by atoms with Gasteiger partial charge in [0.2, 0.25) is 0 Å². The van der Waals surface area contributed by atoms with E-state index in [1.54, 1.807) is 0 Å². The summed E-state index contributed by atoms with van der Waals surface area (Å²) in [6, 6.07) is 64.9. The molecule has 0 spiro atoms. The number of aromatic nitrogens is 2. The maximum Gasteiger partial charge on any atom is 0.160 e. The van der Waals surface area contributed by atoms with Gasteiger partial charge in [-0.25, -0.2) is 9.97 Å². The number of nitrogens with zero attached hydrogens (tertiary/aromatic N) is 3. The molecule has 0 radical (unpaired) electrons. The molecule has 0 aliphatic carbocycles. The van der Waals surface area contributed by atoms with Gasteiger partial charge >= 0.3 is 0 Å². The smallest absolute Gasteiger partial charge is 0.160 e. The van der Waals surface area contributed by atoms with Crippen LogP contribution < -0.4 is 14.4 Å². The molecule has 9 aromatic rings. The maximum atomic E-state index is 6.77. The summed E-state index contributed by atoms with van der Waals surface area (Å²) < 4.78 is 13.4. The van der Waals surface area contributed by atoms with E-state index in [2.05, 4.69) is 150 Å². The lowest BCUT2D eigenvalue weighted by Crippen LogP contribution is -2.20. The monoisotopic (exact) mass is 705 g/mol. The number of anilines is 3. The summed E-state index contributed by atoms with van der Waals surface area (Å²) in [5.41, 5.74) is 11.9. The van der Waals surface area contributed by atoms with Crippen LogP contribution in [-0.4, -0.2) is 9.97 Å². The molecule has 11 rings (SSSR count). The zero-order valence-corrected chi connectivity index (χ0v) is 29.6. The molecule has 0 bridgehead atoms. The van der Waals surface area contributed by atoms with E-state index in [9.17, 15) is 0 Å². The van der Waals surface area contributed by atoms with E-state index in [0.717, 1.165) is 78.5 Å². The van der Waals surface area contributed by atoms with Crippen LogP contribution in [0.15, 0.2) is 188 Å². The van der Waals surface area contributed by atoms with Gasteiger partial charge in [-0.05, 0) is 75.5 Å². The molecular formula is C50H31N3O2. The Morgan fingerprint density at radius 1 is 0.327 bits per heavy atom. The Morgan fingerprint density at radius 3 is 1.40 bits per heavy atom. The Labute approximate surface area is 318 Å². The van der Waals surface area contributed by atoms with Crippen LogP contribution in [0.4, 0.5) is 17.1 Å². The number of fused-ring (bicyclic) bond motifs is 5. The van der Waals surface area contributed by atoms with Gasteiger partial charge in [-0.1, -0.05) is 146 Å². The number of ether oxygens (including phenoxy) is 2. The molecule has 0 N–H and O–H groups in total. The first kappa shape index (κ1) is 31.1. The maximum absolute atomic E-state index is 6.77. The lowest BCUT2D eigenvalue weighted by molar-refractivity contribution is 0.446. The van der Waals surface area contributed by atoms with Crippen molar-refractivity contribution in [2.45, 2.75) is 0 Å². The first-order chi connectivity index (χ1) is 27.2. The van der Waals surface area contributed by atoms with E-state index in [1.807, 2.05) is 42.5 Å². The topological polar surface area (TPSA) is 47.5 Å². The lowest BCUT2D eigenvalue weighted by atomic mass is 10.00. The first-order valence-electron chi connectivity index (χ1n) is 18.4. The van der Waals surface area contributed by atoms with Crippen LogP contribution in [0.5, 0.6) is 23.0 Å². The summed E-state index contributed by atoms with van der Waals surface area (Å²) in [6.45, 7) is 0. The minimum atomic E-state index is 0.577. The van der Waals surface area contributed by atoms with Crippen molar-refractivity contribution in [2.24, 2.45) is 0 Å². The van der Waals surface area contributed by atoms with Gasteiger partial charge in [0.25, 0.3) is 0 Å². The number of hydrogen-bond acceptors (Lipinski definition) is 5. The van der Waals surface area contributed by atoms with Gasteiger partial charge in [-0.15, -0.1) is 0 Å². The van der Waals surface area contributed by atoms with Crippen LogP contribution in [-0.2, 0) is 0 Å². The average molecular weight is 706 g/mol. The third-order valence-corrected chi connectivity index (χ3v) is 10.4. The molecule has 2 aliphatic rings. The Hall–Kier alpha value is -7.50. The van der Waals surface area contributed by atoms with Crippen molar-refractivity contribution in [3.8, 4) is 79.2 Å². The summed E-state index contributed by atoms with van der Waals surface area (Å²) in [7, 11) is 0. The SMILES string of the molecule is c1ccc(-c2ccc(-c3cc(-c4ccc(-c5ccccc5)cc4)nc(-c4cc5c6c(c4)Oc4cc7ccccc7cc4N6c4ccccc4O5)n3)cc2)cc1. The second-order valence-corrected chi connectivity index (χ2v) is 13.8. The fourth-order valence-electron chi connectivity index (χ4n) is 7.69. The van der Waals surface area contributed by atoms with Crippen molar-refractivity contribution in [2.75, 3.05) is 4.90 Å². The molecule has 5 nitrogen and oxygen atoms in total. The fraction of sp³-hybridized carbons (Fsp3) is 0. The highest BCUT2D eigenvalue weighted by Gasteiger charge is 2.35. The molecule has 1 aromatic heterocycles. The van der Waals surface area contributed by atoms with Crippen molar-refractivity contribution in [1.82, 2.24) is 9.97 Å². The fourth-order valence-corrected chi connectivity index (χ4v) is 7.69. The quantitative estimate of drug-likeness (QED) is 0.178. The normalized spacial score (nSPS) is 12.3. The Kier molecular flexibility index (Phi) is 7.10. The summed E-state index contributed by atoms with van der Waals surface area (Å²) in [4.78, 5) is 12.7. The highest BCUT2D eigenvalue weighted by Crippen LogP contribution is 2.60. The predicted molar refractivity (Wildman–Crippen MR) is 222 cm³/mol. The highest BCUT2D eigenvalue weighted by atomic mass is 16.5. The number of hydrogen-bond donors (Lipinski definition) is 0. The van der Waals surface area contributed by atoms with Crippen LogP contribution in [0.1, 0.15) is 0 Å². The van der Waals surface area contributed by atoms with Gasteiger partial charge in [0.05, 0.1) is 22.8 Å². The summed E-state index contributed by atoms with van der Waals surface area (Å²) in [6.07, 6.45) is 0. The predicted octanol–water partition coefficient (Wildman–Crippen LogP) is 13.6. The Bertz CT molecular complexity index is 2810. The van der Waals surface area contributed by atoms with E-state index >= 15 is 0 Å². The molecule has 8 aromatic carbocycles. The van der Waals surface area contributed by atoms with Gasteiger partial charge in [-0.3, -0.25) is 4.90 Å². The van der Waals surface area contributed by atoms with Gasteiger partial charge in [-0.2, -0.15) is 0 Å². The minimum Gasteiger partial charge on any atom is -0.453 e. The van der Waals surface area contributed by atoms with Crippen LogP contribution in [0.25, 0.3) is 66.9 Å². The second-order valence-electron chi connectivity index (χ2n) is 13.8. The average Bonchev–Trinajstić information content (AvgIpc) is 3.26. The molecule has 0 amide bonds. The van der Waals surface area contributed by atoms with Crippen molar-refractivity contribution in [1.29, 1.82) is 0 Å². The molecule has 0 saturated carbocycles. The summed E-state index contributed by atoms with van der Waals surface area (Å²) in [5.74, 6) is 3.48. The standard InChI is InChI=1S/C50H31N3O2/c1-3-11-32(12-4-1)34-19-23-36(24-20-34)41-31-42(37-25-21-35(22-26-37)33-13-5-2-6-14-33)52-50(51-41)40-29-47-49-48(30-40)55-46-28-39-16-8-7-15-38(39)27-44(46)53(49)43-17-9-10-18-45(43)54-47/h1-31H. The number of rotatable bonds is 5. The van der Waals surface area contributed by atoms with Crippen LogP contribution in [0.2, 0.25) is 0 Å². The molecule has 0 fully saturated rings. The highest BCUT2D eigenvalue weighted by molar-refractivity contribution is 5.99. The third-order valence-electron chi connectivity index (χ3n) is 10.4. The van der Waals surface area contributed by atoms with Gasteiger partial charge in [0, 0.05) is 16.7 Å². The molecule has 0 saturated heterocycles. The Morgan fingerprint density at radius 2 is 0.800 bits per heavy atom. The molecule has 2 aliphatic heterocycles. The molecule has 55 heavy (non-hydrogen) atoms. The van der Waals surface area contributed by atoms with Gasteiger partial charge in [0.1, 0.15) is 5.69 Å². The molecule has 5 heteroatoms. The third kappa shape index (κ3) is 5.41. The molecule has 258 valence electrons. The number of para-hydroxylation sites is 2. The lowest BCUT2D eigenvalue weighted by Gasteiger charge is -2.38. The first-order valence-corrected chi connectivity index (χ1v) is 18.4. The Balaban J connectivity index is 1.07.